The van der Waals surface area contributed by atoms with Gasteiger partial charge in [-0.05, 0) is 18.6 Å². The first-order valence-electron chi connectivity index (χ1n) is 7.87. The van der Waals surface area contributed by atoms with Gasteiger partial charge in [0.15, 0.2) is 11.6 Å². The van der Waals surface area contributed by atoms with E-state index >= 15 is 0 Å². The number of rotatable bonds is 0. The molecule has 120 valence electrons. The zero-order valence-corrected chi connectivity index (χ0v) is 14.7. The summed E-state index contributed by atoms with van der Waals surface area (Å²) in [5.74, 6) is 3.26. The second-order valence-electron chi connectivity index (χ2n) is 4.96. The lowest BCUT2D eigenvalue weighted by Crippen LogP contribution is -2.52. The standard InChI is InChI=1S/C11H14N2O2S.C3H8.C2H6/c1-8-2-3-12-11-10(8)15-6-9-7-16(14)5-4-13(9)11;1-3-2;1-2/h2-3,9H,4-7H2,1H3;3H2,1-2H3;1-2H3. The van der Waals surface area contributed by atoms with Crippen molar-refractivity contribution in [2.75, 3.05) is 29.6 Å². The molecule has 0 saturated carbocycles. The SMILES string of the molecule is CC.CCC.Cc1ccnc2c1OCC1CS(=O)CCN21. The zero-order valence-electron chi connectivity index (χ0n) is 13.9. The Balaban J connectivity index is 0.000000395. The van der Waals surface area contributed by atoms with Gasteiger partial charge in [0.05, 0.1) is 6.04 Å². The van der Waals surface area contributed by atoms with Gasteiger partial charge in [-0.25, -0.2) is 4.98 Å². The van der Waals surface area contributed by atoms with E-state index in [1.165, 1.54) is 6.42 Å². The van der Waals surface area contributed by atoms with E-state index in [4.69, 9.17) is 4.74 Å². The van der Waals surface area contributed by atoms with E-state index in [2.05, 4.69) is 23.7 Å². The van der Waals surface area contributed by atoms with Crippen molar-refractivity contribution in [2.45, 2.75) is 47.1 Å². The molecule has 21 heavy (non-hydrogen) atoms. The van der Waals surface area contributed by atoms with E-state index in [-0.39, 0.29) is 6.04 Å². The molecule has 2 aliphatic heterocycles. The molecule has 5 heteroatoms. The molecule has 4 nitrogen and oxygen atoms in total. The van der Waals surface area contributed by atoms with E-state index in [1.807, 2.05) is 33.0 Å². The Morgan fingerprint density at radius 2 is 2.10 bits per heavy atom. The Morgan fingerprint density at radius 1 is 1.43 bits per heavy atom. The summed E-state index contributed by atoms with van der Waals surface area (Å²) in [6.07, 6.45) is 3.06. The second-order valence-corrected chi connectivity index (χ2v) is 6.58. The van der Waals surface area contributed by atoms with Gasteiger partial charge in [-0.15, -0.1) is 0 Å². The van der Waals surface area contributed by atoms with Gasteiger partial charge in [0.25, 0.3) is 0 Å². The summed E-state index contributed by atoms with van der Waals surface area (Å²) < 4.78 is 17.2. The Labute approximate surface area is 131 Å². The molecule has 1 aromatic rings. The number of pyridine rings is 1. The summed E-state index contributed by atoms with van der Waals surface area (Å²) in [4.78, 5) is 6.63. The number of hydrogen-bond acceptors (Lipinski definition) is 4. The van der Waals surface area contributed by atoms with Crippen LogP contribution in [0.15, 0.2) is 12.3 Å². The van der Waals surface area contributed by atoms with Crippen molar-refractivity contribution in [1.82, 2.24) is 4.98 Å². The molecule has 1 fully saturated rings. The van der Waals surface area contributed by atoms with Crippen molar-refractivity contribution in [2.24, 2.45) is 0 Å². The zero-order chi connectivity index (χ0) is 15.8. The molecule has 1 saturated heterocycles. The van der Waals surface area contributed by atoms with Crippen molar-refractivity contribution in [3.8, 4) is 5.75 Å². The quantitative estimate of drug-likeness (QED) is 0.738. The van der Waals surface area contributed by atoms with Crippen molar-refractivity contribution in [3.05, 3.63) is 17.8 Å². The van der Waals surface area contributed by atoms with Gasteiger partial charge in [0.2, 0.25) is 0 Å². The molecule has 2 atom stereocenters. The van der Waals surface area contributed by atoms with E-state index in [0.717, 1.165) is 29.4 Å². The van der Waals surface area contributed by atoms with Gasteiger partial charge in [-0.1, -0.05) is 34.1 Å². The van der Waals surface area contributed by atoms with Crippen molar-refractivity contribution < 1.29 is 8.95 Å². The first-order chi connectivity index (χ1) is 10.2. The Hall–Kier alpha value is -1.10. The summed E-state index contributed by atoms with van der Waals surface area (Å²) in [6, 6.07) is 2.19. The highest BCUT2D eigenvalue weighted by Crippen LogP contribution is 2.35. The van der Waals surface area contributed by atoms with E-state index in [9.17, 15) is 4.21 Å². The van der Waals surface area contributed by atoms with Gasteiger partial charge in [-0.3, -0.25) is 4.21 Å². The highest BCUT2D eigenvalue weighted by atomic mass is 32.2. The fourth-order valence-electron chi connectivity index (χ4n) is 2.28. The summed E-state index contributed by atoms with van der Waals surface area (Å²) in [5, 5.41) is 0. The largest absolute Gasteiger partial charge is 0.487 e. The number of nitrogens with zero attached hydrogens (tertiary/aromatic N) is 2. The molecule has 0 aromatic carbocycles. The number of ether oxygens (including phenoxy) is 1. The summed E-state index contributed by atoms with van der Waals surface area (Å²) in [7, 11) is -0.690. The van der Waals surface area contributed by atoms with Crippen LogP contribution >= 0.6 is 0 Å². The third-order valence-electron chi connectivity index (χ3n) is 3.15. The van der Waals surface area contributed by atoms with Crippen LogP contribution in [-0.4, -0.2) is 39.9 Å². The predicted molar refractivity (Wildman–Crippen MR) is 90.8 cm³/mol. The molecule has 0 spiro atoms. The monoisotopic (exact) mass is 312 g/mol. The minimum absolute atomic E-state index is 0.233. The molecule has 0 bridgehead atoms. The molecule has 0 radical (unpaired) electrons. The van der Waals surface area contributed by atoms with Gasteiger partial charge in [0.1, 0.15) is 6.61 Å². The van der Waals surface area contributed by atoms with Crippen LogP contribution in [-0.2, 0) is 10.8 Å². The fraction of sp³-hybridized carbons (Fsp3) is 0.688. The number of anilines is 1. The molecule has 2 aliphatic rings. The second kappa shape index (κ2) is 9.03. The molecule has 0 aliphatic carbocycles. The van der Waals surface area contributed by atoms with E-state index < -0.39 is 10.8 Å². The summed E-state index contributed by atoms with van der Waals surface area (Å²) in [5.41, 5.74) is 1.12. The van der Waals surface area contributed by atoms with E-state index in [0.29, 0.717) is 12.4 Å². The Morgan fingerprint density at radius 3 is 2.76 bits per heavy atom. The van der Waals surface area contributed by atoms with Crippen LogP contribution in [0.2, 0.25) is 0 Å². The first kappa shape index (κ1) is 18.0. The molecular weight excluding hydrogens is 284 g/mol. The number of aromatic nitrogens is 1. The minimum Gasteiger partial charge on any atom is -0.487 e. The Bertz CT molecular complexity index is 466. The average Bonchev–Trinajstić information content (AvgIpc) is 2.50. The molecule has 0 N–H and O–H groups in total. The Kier molecular flexibility index (Phi) is 7.72. The maximum Gasteiger partial charge on any atom is 0.172 e. The third-order valence-corrected chi connectivity index (χ3v) is 4.55. The molecule has 3 heterocycles. The maximum absolute atomic E-state index is 11.5. The topological polar surface area (TPSA) is 42.4 Å². The smallest absolute Gasteiger partial charge is 0.172 e. The van der Waals surface area contributed by atoms with Crippen LogP contribution in [0.5, 0.6) is 5.75 Å². The lowest BCUT2D eigenvalue weighted by Gasteiger charge is -2.40. The van der Waals surface area contributed by atoms with Crippen LogP contribution in [0.25, 0.3) is 0 Å². The van der Waals surface area contributed by atoms with Crippen LogP contribution in [0, 0.1) is 6.92 Å². The van der Waals surface area contributed by atoms with E-state index in [1.54, 1.807) is 0 Å². The molecule has 0 amide bonds. The molecule has 1 aromatic heterocycles. The van der Waals surface area contributed by atoms with Crippen LogP contribution in [0.1, 0.15) is 39.7 Å². The summed E-state index contributed by atoms with van der Waals surface area (Å²) in [6.45, 7) is 11.7. The van der Waals surface area contributed by atoms with Crippen LogP contribution in [0.4, 0.5) is 5.82 Å². The predicted octanol–water partition coefficient (Wildman–Crippen LogP) is 3.16. The van der Waals surface area contributed by atoms with Crippen molar-refractivity contribution in [1.29, 1.82) is 0 Å². The minimum atomic E-state index is -0.690. The maximum atomic E-state index is 11.5. The third kappa shape index (κ3) is 4.43. The fourth-order valence-corrected chi connectivity index (χ4v) is 3.55. The highest BCUT2D eigenvalue weighted by Gasteiger charge is 2.33. The van der Waals surface area contributed by atoms with Crippen LogP contribution in [0.3, 0.4) is 0 Å². The highest BCUT2D eigenvalue weighted by molar-refractivity contribution is 7.85. The van der Waals surface area contributed by atoms with Gasteiger partial charge in [0, 0.05) is 35.0 Å². The van der Waals surface area contributed by atoms with Crippen molar-refractivity contribution >= 4 is 16.6 Å². The molecule has 2 unspecified atom stereocenters. The first-order valence-corrected chi connectivity index (χ1v) is 9.36. The number of hydrogen-bond donors (Lipinski definition) is 0. The van der Waals surface area contributed by atoms with Gasteiger partial charge < -0.3 is 9.64 Å². The van der Waals surface area contributed by atoms with Crippen LogP contribution < -0.4 is 9.64 Å². The number of aryl methyl sites for hydroxylation is 1. The normalized spacial score (nSPS) is 22.4. The molecular formula is C16H28N2O2S. The average molecular weight is 312 g/mol. The van der Waals surface area contributed by atoms with Gasteiger partial charge in [-0.2, -0.15) is 0 Å². The van der Waals surface area contributed by atoms with Crippen molar-refractivity contribution in [3.63, 3.8) is 0 Å². The van der Waals surface area contributed by atoms with Gasteiger partial charge >= 0.3 is 0 Å². The lowest BCUT2D eigenvalue weighted by atomic mass is 10.2. The molecule has 3 rings (SSSR count). The summed E-state index contributed by atoms with van der Waals surface area (Å²) >= 11 is 0. The lowest BCUT2D eigenvalue weighted by molar-refractivity contribution is 0.266. The number of fused-ring (bicyclic) bond motifs is 3.